The standard InChI is InChI=1S/C17H19NO5S/c1-21-14-6-8-17(16(11-14)22-2)24(19,20)18-13-5-7-15-12(10-13)4-3-9-23-15/h5-8,10-11,18H,3-4,9H2,1-2H3. The average molecular weight is 349 g/mol. The van der Waals surface area contributed by atoms with Gasteiger partial charge in [0.05, 0.1) is 20.8 Å². The number of hydrogen-bond acceptors (Lipinski definition) is 5. The number of fused-ring (bicyclic) bond motifs is 1. The van der Waals surface area contributed by atoms with Gasteiger partial charge >= 0.3 is 0 Å². The molecule has 3 rings (SSSR count). The normalized spacial score (nSPS) is 13.6. The van der Waals surface area contributed by atoms with Crippen molar-refractivity contribution in [1.29, 1.82) is 0 Å². The number of hydrogen-bond donors (Lipinski definition) is 1. The summed E-state index contributed by atoms with van der Waals surface area (Å²) in [6.07, 6.45) is 1.80. The lowest BCUT2D eigenvalue weighted by Gasteiger charge is -2.18. The maximum atomic E-state index is 12.7. The molecule has 128 valence electrons. The quantitative estimate of drug-likeness (QED) is 0.898. The molecule has 0 saturated carbocycles. The molecule has 1 heterocycles. The second kappa shape index (κ2) is 6.60. The van der Waals surface area contributed by atoms with Crippen LogP contribution in [0.4, 0.5) is 5.69 Å². The Labute approximate surface area is 141 Å². The Bertz CT molecular complexity index is 848. The Morgan fingerprint density at radius 3 is 2.67 bits per heavy atom. The monoisotopic (exact) mass is 349 g/mol. The van der Waals surface area contributed by atoms with Gasteiger partial charge < -0.3 is 14.2 Å². The van der Waals surface area contributed by atoms with Crippen LogP contribution >= 0.6 is 0 Å². The first-order valence-corrected chi connectivity index (χ1v) is 9.02. The molecule has 0 aliphatic carbocycles. The fourth-order valence-electron chi connectivity index (χ4n) is 2.63. The Kier molecular flexibility index (Phi) is 4.53. The van der Waals surface area contributed by atoms with E-state index >= 15 is 0 Å². The molecule has 2 aromatic carbocycles. The number of aryl methyl sites for hydroxylation is 1. The van der Waals surface area contributed by atoms with Gasteiger partial charge in [-0.3, -0.25) is 4.72 Å². The van der Waals surface area contributed by atoms with Gasteiger partial charge in [0.1, 0.15) is 22.1 Å². The number of rotatable bonds is 5. The molecule has 0 aromatic heterocycles. The molecule has 1 aliphatic heterocycles. The summed E-state index contributed by atoms with van der Waals surface area (Å²) in [5.41, 5.74) is 1.50. The molecule has 24 heavy (non-hydrogen) atoms. The maximum absolute atomic E-state index is 12.7. The third-order valence-corrected chi connectivity index (χ3v) is 5.24. The predicted octanol–water partition coefficient (Wildman–Crippen LogP) is 2.83. The Hall–Kier alpha value is -2.41. The fourth-order valence-corrected chi connectivity index (χ4v) is 3.83. The highest BCUT2D eigenvalue weighted by molar-refractivity contribution is 7.92. The second-order valence-electron chi connectivity index (χ2n) is 5.40. The van der Waals surface area contributed by atoms with E-state index in [1.54, 1.807) is 18.2 Å². The zero-order chi connectivity index (χ0) is 17.2. The SMILES string of the molecule is COc1ccc(S(=O)(=O)Nc2ccc3c(c2)CCCO3)c(OC)c1. The summed E-state index contributed by atoms with van der Waals surface area (Å²) in [5, 5.41) is 0. The van der Waals surface area contributed by atoms with Crippen LogP contribution in [-0.2, 0) is 16.4 Å². The molecule has 0 bridgehead atoms. The van der Waals surface area contributed by atoms with Crippen LogP contribution in [0.25, 0.3) is 0 Å². The van der Waals surface area contributed by atoms with Gasteiger partial charge in [0.25, 0.3) is 10.0 Å². The molecule has 6 nitrogen and oxygen atoms in total. The van der Waals surface area contributed by atoms with Crippen molar-refractivity contribution >= 4 is 15.7 Å². The minimum atomic E-state index is -3.78. The maximum Gasteiger partial charge on any atom is 0.265 e. The van der Waals surface area contributed by atoms with Crippen LogP contribution in [-0.4, -0.2) is 29.2 Å². The first-order valence-electron chi connectivity index (χ1n) is 7.54. The van der Waals surface area contributed by atoms with Crippen molar-refractivity contribution in [3.63, 3.8) is 0 Å². The lowest BCUT2D eigenvalue weighted by molar-refractivity contribution is 0.288. The van der Waals surface area contributed by atoms with Crippen molar-refractivity contribution in [2.45, 2.75) is 17.7 Å². The molecule has 0 unspecified atom stereocenters. The minimum absolute atomic E-state index is 0.0553. The number of anilines is 1. The van der Waals surface area contributed by atoms with Crippen molar-refractivity contribution in [1.82, 2.24) is 0 Å². The fraction of sp³-hybridized carbons (Fsp3) is 0.294. The van der Waals surface area contributed by atoms with Crippen LogP contribution in [0.15, 0.2) is 41.3 Å². The minimum Gasteiger partial charge on any atom is -0.497 e. The summed E-state index contributed by atoms with van der Waals surface area (Å²) in [5.74, 6) is 1.56. The van der Waals surface area contributed by atoms with Crippen LogP contribution in [0.5, 0.6) is 17.2 Å². The van der Waals surface area contributed by atoms with Crippen molar-refractivity contribution in [2.75, 3.05) is 25.5 Å². The van der Waals surface area contributed by atoms with E-state index in [9.17, 15) is 8.42 Å². The highest BCUT2D eigenvalue weighted by atomic mass is 32.2. The molecule has 7 heteroatoms. The Morgan fingerprint density at radius 2 is 1.92 bits per heavy atom. The van der Waals surface area contributed by atoms with Gasteiger partial charge in [-0.1, -0.05) is 0 Å². The number of methoxy groups -OCH3 is 2. The molecule has 0 saturated heterocycles. The van der Waals surface area contributed by atoms with Gasteiger partial charge in [-0.25, -0.2) is 8.42 Å². The summed E-state index contributed by atoms with van der Waals surface area (Å²) < 4.78 is 43.8. The van der Waals surface area contributed by atoms with Crippen LogP contribution in [0.1, 0.15) is 12.0 Å². The number of ether oxygens (including phenoxy) is 3. The van der Waals surface area contributed by atoms with Crippen molar-refractivity contribution < 1.29 is 22.6 Å². The summed E-state index contributed by atoms with van der Waals surface area (Å²) in [6, 6.07) is 9.87. The third-order valence-electron chi connectivity index (χ3n) is 3.82. The van der Waals surface area contributed by atoms with Crippen LogP contribution < -0.4 is 18.9 Å². The Balaban J connectivity index is 1.91. The highest BCUT2D eigenvalue weighted by Crippen LogP contribution is 2.32. The van der Waals surface area contributed by atoms with E-state index in [1.165, 1.54) is 26.4 Å². The molecule has 0 amide bonds. The first kappa shape index (κ1) is 16.4. The average Bonchev–Trinajstić information content (AvgIpc) is 2.60. The van der Waals surface area contributed by atoms with Crippen LogP contribution in [0.2, 0.25) is 0 Å². The molecular formula is C17H19NO5S. The van der Waals surface area contributed by atoms with Crippen molar-refractivity contribution in [2.24, 2.45) is 0 Å². The van der Waals surface area contributed by atoms with E-state index in [0.717, 1.165) is 24.2 Å². The van der Waals surface area contributed by atoms with E-state index in [4.69, 9.17) is 14.2 Å². The molecule has 0 atom stereocenters. The molecule has 0 fully saturated rings. The summed E-state index contributed by atoms with van der Waals surface area (Å²) in [6.45, 7) is 0.696. The summed E-state index contributed by atoms with van der Waals surface area (Å²) in [4.78, 5) is 0.0553. The van der Waals surface area contributed by atoms with E-state index in [2.05, 4.69) is 4.72 Å². The van der Waals surface area contributed by atoms with E-state index in [-0.39, 0.29) is 10.6 Å². The zero-order valence-corrected chi connectivity index (χ0v) is 14.4. The lowest BCUT2D eigenvalue weighted by atomic mass is 10.1. The van der Waals surface area contributed by atoms with E-state index < -0.39 is 10.0 Å². The van der Waals surface area contributed by atoms with Gasteiger partial charge in [0, 0.05) is 11.8 Å². The Morgan fingerprint density at radius 1 is 1.08 bits per heavy atom. The van der Waals surface area contributed by atoms with Crippen LogP contribution in [0.3, 0.4) is 0 Å². The molecule has 0 radical (unpaired) electrons. The number of benzene rings is 2. The lowest BCUT2D eigenvalue weighted by Crippen LogP contribution is -2.15. The second-order valence-corrected chi connectivity index (χ2v) is 7.05. The molecule has 1 aliphatic rings. The first-order chi connectivity index (χ1) is 11.5. The third kappa shape index (κ3) is 3.26. The van der Waals surface area contributed by atoms with Crippen molar-refractivity contribution in [3.8, 4) is 17.2 Å². The summed E-state index contributed by atoms with van der Waals surface area (Å²) >= 11 is 0. The smallest absolute Gasteiger partial charge is 0.265 e. The van der Waals surface area contributed by atoms with Gasteiger partial charge in [-0.05, 0) is 48.7 Å². The van der Waals surface area contributed by atoms with Gasteiger partial charge in [-0.15, -0.1) is 0 Å². The molecule has 1 N–H and O–H groups in total. The van der Waals surface area contributed by atoms with Crippen LogP contribution in [0, 0.1) is 0 Å². The number of sulfonamides is 1. The molecular weight excluding hydrogens is 330 g/mol. The van der Waals surface area contributed by atoms with E-state index in [0.29, 0.717) is 18.0 Å². The summed E-state index contributed by atoms with van der Waals surface area (Å²) in [7, 11) is -0.848. The van der Waals surface area contributed by atoms with Gasteiger partial charge in [0.2, 0.25) is 0 Å². The molecule has 0 spiro atoms. The molecule has 2 aromatic rings. The predicted molar refractivity (Wildman–Crippen MR) is 90.6 cm³/mol. The zero-order valence-electron chi connectivity index (χ0n) is 13.5. The largest absolute Gasteiger partial charge is 0.497 e. The number of nitrogens with one attached hydrogen (secondary N) is 1. The van der Waals surface area contributed by atoms with Gasteiger partial charge in [0.15, 0.2) is 0 Å². The van der Waals surface area contributed by atoms with E-state index in [1.807, 2.05) is 6.07 Å². The van der Waals surface area contributed by atoms with Gasteiger partial charge in [-0.2, -0.15) is 0 Å². The van der Waals surface area contributed by atoms with Crippen molar-refractivity contribution in [3.05, 3.63) is 42.0 Å². The topological polar surface area (TPSA) is 73.9 Å². The highest BCUT2D eigenvalue weighted by Gasteiger charge is 2.21.